The van der Waals surface area contributed by atoms with Crippen LogP contribution in [0, 0.1) is 0 Å². The molecule has 0 aliphatic heterocycles. The summed E-state index contributed by atoms with van der Waals surface area (Å²) in [5.74, 6) is 0. The summed E-state index contributed by atoms with van der Waals surface area (Å²) in [4.78, 5) is 0. The molecule has 0 rings (SSSR count). The molecular weight excluding hydrogens is 566 g/mol. The van der Waals surface area contributed by atoms with E-state index in [1.54, 1.807) is 0 Å². The summed E-state index contributed by atoms with van der Waals surface area (Å²) in [6, 6.07) is 0. The molecule has 2 unspecified atom stereocenters. The topological polar surface area (TPSA) is 27.7 Å². The standard InChI is InChI=1S/C22H40I2O3/c1-3-13-21(15-9-5-7-11-17-23)26-19-25-20-27-22(14-4-2)16-10-6-8-12-18-24/h5-8,21-22H,3-4,9-20H2,1-2H3/b7-5-,8-6-. The number of ether oxygens (including phenoxy) is 3. The quantitative estimate of drug-likeness (QED) is 0.0470. The number of hydrogen-bond donors (Lipinski definition) is 0. The average molecular weight is 606 g/mol. The second kappa shape index (κ2) is 23.1. The van der Waals surface area contributed by atoms with E-state index in [1.165, 1.54) is 8.86 Å². The Morgan fingerprint density at radius 2 is 1.04 bits per heavy atom. The molecular formula is C22H40I2O3. The van der Waals surface area contributed by atoms with Crippen molar-refractivity contribution in [1.82, 2.24) is 0 Å². The summed E-state index contributed by atoms with van der Waals surface area (Å²) >= 11 is 4.81. The van der Waals surface area contributed by atoms with Crippen LogP contribution in [-0.4, -0.2) is 34.6 Å². The van der Waals surface area contributed by atoms with E-state index in [2.05, 4.69) is 83.3 Å². The van der Waals surface area contributed by atoms with Crippen molar-refractivity contribution >= 4 is 45.2 Å². The van der Waals surface area contributed by atoms with Gasteiger partial charge in [-0.1, -0.05) is 96.2 Å². The smallest absolute Gasteiger partial charge is 0.149 e. The monoisotopic (exact) mass is 606 g/mol. The van der Waals surface area contributed by atoms with E-state index in [-0.39, 0.29) is 12.2 Å². The molecule has 27 heavy (non-hydrogen) atoms. The van der Waals surface area contributed by atoms with Crippen LogP contribution in [0.2, 0.25) is 0 Å². The third-order valence-corrected chi connectivity index (χ3v) is 5.44. The molecule has 0 aromatic heterocycles. The van der Waals surface area contributed by atoms with Gasteiger partial charge in [-0.15, -0.1) is 0 Å². The molecule has 0 aromatic carbocycles. The zero-order chi connectivity index (χ0) is 20.0. The van der Waals surface area contributed by atoms with Gasteiger partial charge in [0.15, 0.2) is 0 Å². The van der Waals surface area contributed by atoms with Gasteiger partial charge in [0.2, 0.25) is 0 Å². The van der Waals surface area contributed by atoms with Crippen molar-refractivity contribution in [2.75, 3.05) is 22.4 Å². The van der Waals surface area contributed by atoms with Gasteiger partial charge < -0.3 is 14.2 Å². The summed E-state index contributed by atoms with van der Waals surface area (Å²) in [5.41, 5.74) is 0. The first kappa shape index (κ1) is 27.8. The Bertz CT molecular complexity index is 316. The lowest BCUT2D eigenvalue weighted by atomic mass is 10.1. The SMILES string of the molecule is CCCC(CC/C=C\CCI)OCOCOC(CCC)CC/C=C\CCI. The zero-order valence-corrected chi connectivity index (χ0v) is 21.7. The Labute approximate surface area is 195 Å². The molecule has 0 aromatic rings. The Kier molecular flexibility index (Phi) is 23.8. The van der Waals surface area contributed by atoms with E-state index in [1.807, 2.05) is 0 Å². The maximum atomic E-state index is 5.91. The highest BCUT2D eigenvalue weighted by atomic mass is 127. The highest BCUT2D eigenvalue weighted by Gasteiger charge is 2.09. The van der Waals surface area contributed by atoms with E-state index < -0.39 is 0 Å². The molecule has 0 radical (unpaired) electrons. The normalized spacial score (nSPS) is 14.4. The van der Waals surface area contributed by atoms with Crippen molar-refractivity contribution < 1.29 is 14.2 Å². The fourth-order valence-electron chi connectivity index (χ4n) is 2.75. The number of allylic oxidation sites excluding steroid dienone is 4. The number of hydrogen-bond acceptors (Lipinski definition) is 3. The van der Waals surface area contributed by atoms with Crippen LogP contribution in [0.3, 0.4) is 0 Å². The summed E-state index contributed by atoms with van der Waals surface area (Å²) < 4.78 is 19.8. The van der Waals surface area contributed by atoms with Crippen molar-refractivity contribution in [3.8, 4) is 0 Å². The minimum absolute atomic E-state index is 0.286. The third-order valence-electron chi connectivity index (χ3n) is 4.19. The highest BCUT2D eigenvalue weighted by molar-refractivity contribution is 14.1. The number of alkyl halides is 2. The van der Waals surface area contributed by atoms with Crippen molar-refractivity contribution in [3.05, 3.63) is 24.3 Å². The maximum absolute atomic E-state index is 5.91. The lowest BCUT2D eigenvalue weighted by Gasteiger charge is -2.19. The zero-order valence-electron chi connectivity index (χ0n) is 17.3. The molecule has 0 heterocycles. The Balaban J connectivity index is 3.90. The third kappa shape index (κ3) is 19.9. The van der Waals surface area contributed by atoms with Crippen LogP contribution in [0.1, 0.15) is 78.1 Å². The van der Waals surface area contributed by atoms with Gasteiger partial charge >= 0.3 is 0 Å². The van der Waals surface area contributed by atoms with E-state index >= 15 is 0 Å². The predicted octanol–water partition coefficient (Wildman–Crippen LogP) is 7.61. The van der Waals surface area contributed by atoms with E-state index in [0.29, 0.717) is 13.6 Å². The fourth-order valence-corrected chi connectivity index (χ4v) is 3.47. The minimum Gasteiger partial charge on any atom is -0.352 e. The number of rotatable bonds is 20. The van der Waals surface area contributed by atoms with E-state index in [4.69, 9.17) is 14.2 Å². The lowest BCUT2D eigenvalue weighted by molar-refractivity contribution is -0.167. The van der Waals surface area contributed by atoms with Crippen LogP contribution >= 0.6 is 45.2 Å². The molecule has 3 nitrogen and oxygen atoms in total. The molecule has 5 heteroatoms. The Morgan fingerprint density at radius 3 is 1.41 bits per heavy atom. The van der Waals surface area contributed by atoms with Crippen LogP contribution < -0.4 is 0 Å². The summed E-state index contributed by atoms with van der Waals surface area (Å²) in [5, 5.41) is 0. The minimum atomic E-state index is 0.286. The molecule has 160 valence electrons. The summed E-state index contributed by atoms with van der Waals surface area (Å²) in [7, 11) is 0. The molecule has 0 bridgehead atoms. The largest absolute Gasteiger partial charge is 0.352 e. The van der Waals surface area contributed by atoms with Gasteiger partial charge in [-0.05, 0) is 51.4 Å². The summed E-state index contributed by atoms with van der Waals surface area (Å²) in [6.45, 7) is 5.07. The van der Waals surface area contributed by atoms with Crippen LogP contribution in [0.15, 0.2) is 24.3 Å². The molecule has 0 saturated heterocycles. The number of halogens is 2. The van der Waals surface area contributed by atoms with Gasteiger partial charge in [-0.25, -0.2) is 0 Å². The predicted molar refractivity (Wildman–Crippen MR) is 134 cm³/mol. The molecule has 0 amide bonds. The van der Waals surface area contributed by atoms with Gasteiger partial charge in [-0.2, -0.15) is 0 Å². The van der Waals surface area contributed by atoms with E-state index in [9.17, 15) is 0 Å². The summed E-state index contributed by atoms with van der Waals surface area (Å²) in [6.07, 6.45) is 20.7. The molecule has 2 atom stereocenters. The Hall–Kier alpha value is 0.820. The van der Waals surface area contributed by atoms with Crippen LogP contribution in [0.4, 0.5) is 0 Å². The van der Waals surface area contributed by atoms with Gasteiger partial charge in [0.1, 0.15) is 13.6 Å². The van der Waals surface area contributed by atoms with Crippen molar-refractivity contribution in [3.63, 3.8) is 0 Å². The molecule has 0 saturated carbocycles. The van der Waals surface area contributed by atoms with Gasteiger partial charge in [-0.3, -0.25) is 0 Å². The van der Waals surface area contributed by atoms with Gasteiger partial charge in [0.25, 0.3) is 0 Å². The first-order valence-electron chi connectivity index (χ1n) is 10.5. The second-order valence-electron chi connectivity index (χ2n) is 6.65. The van der Waals surface area contributed by atoms with Crippen molar-refractivity contribution in [2.45, 2.75) is 90.3 Å². The van der Waals surface area contributed by atoms with Crippen molar-refractivity contribution in [1.29, 1.82) is 0 Å². The van der Waals surface area contributed by atoms with E-state index in [0.717, 1.165) is 64.2 Å². The molecule has 0 aliphatic rings. The van der Waals surface area contributed by atoms with Crippen LogP contribution in [0.25, 0.3) is 0 Å². The molecule has 0 spiro atoms. The average Bonchev–Trinajstić information content (AvgIpc) is 2.67. The first-order chi connectivity index (χ1) is 13.3. The van der Waals surface area contributed by atoms with Gasteiger partial charge in [0.05, 0.1) is 12.2 Å². The second-order valence-corrected chi connectivity index (χ2v) is 8.80. The maximum Gasteiger partial charge on any atom is 0.149 e. The highest BCUT2D eigenvalue weighted by Crippen LogP contribution is 2.12. The van der Waals surface area contributed by atoms with Crippen LogP contribution in [0.5, 0.6) is 0 Å². The molecule has 0 fully saturated rings. The van der Waals surface area contributed by atoms with Gasteiger partial charge in [0, 0.05) is 8.86 Å². The Morgan fingerprint density at radius 1 is 0.630 bits per heavy atom. The van der Waals surface area contributed by atoms with Crippen molar-refractivity contribution in [2.24, 2.45) is 0 Å². The molecule has 0 N–H and O–H groups in total. The lowest BCUT2D eigenvalue weighted by Crippen LogP contribution is -2.18. The first-order valence-corrected chi connectivity index (χ1v) is 13.6. The fraction of sp³-hybridized carbons (Fsp3) is 0.818. The van der Waals surface area contributed by atoms with Crippen LogP contribution in [-0.2, 0) is 14.2 Å². The molecule has 0 aliphatic carbocycles.